The molecule has 0 radical (unpaired) electrons. The maximum Gasteiger partial charge on any atom is 0.0680 e. The van der Waals surface area contributed by atoms with E-state index in [1.54, 1.807) is 7.11 Å². The highest BCUT2D eigenvalue weighted by atomic mass is 31.1. The molecule has 0 aliphatic carbocycles. The van der Waals surface area contributed by atoms with Gasteiger partial charge in [0, 0.05) is 7.11 Å². The van der Waals surface area contributed by atoms with Crippen molar-refractivity contribution in [3.63, 3.8) is 0 Å². The van der Waals surface area contributed by atoms with Crippen molar-refractivity contribution >= 4 is 7.92 Å². The lowest BCUT2D eigenvalue weighted by atomic mass is 10.6. The van der Waals surface area contributed by atoms with Gasteiger partial charge in [-0.05, 0) is 5.66 Å². The lowest BCUT2D eigenvalue weighted by Crippen LogP contribution is -2.01. The van der Waals surface area contributed by atoms with E-state index >= 15 is 0 Å². The first-order valence-corrected chi connectivity index (χ1v) is 4.84. The third kappa shape index (κ3) is 3.85. The molecule has 0 amide bonds. The summed E-state index contributed by atoms with van der Waals surface area (Å²) in [5.41, 5.74) is 0.574. The first-order chi connectivity index (χ1) is 4.22. The topological polar surface area (TPSA) is 29.5 Å². The number of methoxy groups -OCH3 is 1. The van der Waals surface area contributed by atoms with Crippen molar-refractivity contribution < 1.29 is 9.84 Å². The molecular formula is C6H15O2P. The quantitative estimate of drug-likeness (QED) is 0.614. The van der Waals surface area contributed by atoms with E-state index in [1.165, 1.54) is 0 Å². The fraction of sp³-hybridized carbons (Fsp3) is 1.00. The molecule has 0 rings (SSSR count). The lowest BCUT2D eigenvalue weighted by Gasteiger charge is -2.16. The van der Waals surface area contributed by atoms with Crippen LogP contribution in [0, 0.1) is 0 Å². The van der Waals surface area contributed by atoms with Crippen LogP contribution in [0.3, 0.4) is 0 Å². The second-order valence-corrected chi connectivity index (χ2v) is 4.99. The van der Waals surface area contributed by atoms with Gasteiger partial charge in [-0.15, -0.1) is 0 Å². The molecule has 0 bridgehead atoms. The Labute approximate surface area is 58.0 Å². The van der Waals surface area contributed by atoms with Crippen LogP contribution < -0.4 is 0 Å². The van der Waals surface area contributed by atoms with E-state index in [0.717, 1.165) is 6.35 Å². The third-order valence-electron chi connectivity index (χ3n) is 1.21. The molecule has 0 aromatic rings. The molecule has 0 heterocycles. The minimum atomic E-state index is -0.284. The van der Waals surface area contributed by atoms with Crippen LogP contribution in [0.25, 0.3) is 0 Å². The molecule has 2 nitrogen and oxygen atoms in total. The molecular weight excluding hydrogens is 135 g/mol. The predicted octanol–water partition coefficient (Wildman–Crippen LogP) is 1.43. The highest BCUT2D eigenvalue weighted by Gasteiger charge is 2.09. The molecule has 3 heteroatoms. The van der Waals surface area contributed by atoms with Crippen LogP contribution in [0.15, 0.2) is 0 Å². The van der Waals surface area contributed by atoms with Crippen molar-refractivity contribution in [1.29, 1.82) is 0 Å². The third-order valence-corrected chi connectivity index (χ3v) is 3.62. The SMILES string of the molecule is COCP(CO)C(C)C. The van der Waals surface area contributed by atoms with Crippen LogP contribution in [-0.4, -0.2) is 30.6 Å². The summed E-state index contributed by atoms with van der Waals surface area (Å²) >= 11 is 0. The van der Waals surface area contributed by atoms with E-state index in [0.29, 0.717) is 12.0 Å². The number of hydrogen-bond acceptors (Lipinski definition) is 2. The molecule has 0 aromatic heterocycles. The number of ether oxygens (including phenoxy) is 1. The second kappa shape index (κ2) is 5.16. The molecule has 1 atom stereocenters. The Hall–Kier alpha value is 0.350. The van der Waals surface area contributed by atoms with Gasteiger partial charge in [0.1, 0.15) is 0 Å². The number of aliphatic hydroxyl groups excluding tert-OH is 1. The van der Waals surface area contributed by atoms with Crippen LogP contribution in [-0.2, 0) is 4.74 Å². The van der Waals surface area contributed by atoms with Crippen molar-refractivity contribution in [3.8, 4) is 0 Å². The van der Waals surface area contributed by atoms with Gasteiger partial charge in [-0.3, -0.25) is 0 Å². The van der Waals surface area contributed by atoms with Gasteiger partial charge in [-0.25, -0.2) is 0 Å². The second-order valence-electron chi connectivity index (χ2n) is 2.24. The fourth-order valence-electron chi connectivity index (χ4n) is 0.519. The average Bonchev–Trinajstić information content (AvgIpc) is 1.82. The average molecular weight is 150 g/mol. The Kier molecular flexibility index (Phi) is 5.36. The molecule has 56 valence electrons. The van der Waals surface area contributed by atoms with Gasteiger partial charge in [-0.1, -0.05) is 21.8 Å². The van der Waals surface area contributed by atoms with Crippen LogP contribution in [0.1, 0.15) is 13.8 Å². The van der Waals surface area contributed by atoms with Crippen LogP contribution in [0.2, 0.25) is 0 Å². The Bertz CT molecular complexity index is 66.1. The summed E-state index contributed by atoms with van der Waals surface area (Å²) in [7, 11) is 1.39. The molecule has 0 saturated carbocycles. The largest absolute Gasteiger partial charge is 0.392 e. The van der Waals surface area contributed by atoms with Crippen molar-refractivity contribution in [2.45, 2.75) is 19.5 Å². The number of rotatable bonds is 4. The van der Waals surface area contributed by atoms with E-state index in [1.807, 2.05) is 0 Å². The first-order valence-electron chi connectivity index (χ1n) is 3.06. The predicted molar refractivity (Wildman–Crippen MR) is 41.0 cm³/mol. The summed E-state index contributed by atoms with van der Waals surface area (Å²) in [5, 5.41) is 8.78. The summed E-state index contributed by atoms with van der Waals surface area (Å²) in [6.07, 6.45) is 1.02. The summed E-state index contributed by atoms with van der Waals surface area (Å²) in [6.45, 7) is 4.22. The van der Waals surface area contributed by atoms with Gasteiger partial charge in [0.25, 0.3) is 0 Å². The molecule has 0 saturated heterocycles. The van der Waals surface area contributed by atoms with Gasteiger partial charge < -0.3 is 9.84 Å². The highest BCUT2D eigenvalue weighted by Crippen LogP contribution is 2.38. The molecule has 0 fully saturated rings. The molecule has 0 aromatic carbocycles. The molecule has 0 aliphatic rings. The van der Waals surface area contributed by atoms with Crippen LogP contribution >= 0.6 is 7.92 Å². The van der Waals surface area contributed by atoms with Crippen molar-refractivity contribution in [2.24, 2.45) is 0 Å². The fourth-order valence-corrected chi connectivity index (χ4v) is 1.56. The molecule has 1 unspecified atom stereocenters. The van der Waals surface area contributed by atoms with Crippen LogP contribution in [0.4, 0.5) is 0 Å². The van der Waals surface area contributed by atoms with Gasteiger partial charge in [-0.2, -0.15) is 0 Å². The van der Waals surface area contributed by atoms with Crippen molar-refractivity contribution in [2.75, 3.05) is 19.8 Å². The zero-order valence-corrected chi connectivity index (χ0v) is 7.19. The van der Waals surface area contributed by atoms with Gasteiger partial charge in [0.05, 0.1) is 12.7 Å². The zero-order valence-electron chi connectivity index (χ0n) is 6.29. The monoisotopic (exact) mass is 150 g/mol. The summed E-state index contributed by atoms with van der Waals surface area (Å²) < 4.78 is 4.92. The van der Waals surface area contributed by atoms with E-state index in [9.17, 15) is 0 Å². The minimum absolute atomic E-state index is 0.284. The van der Waals surface area contributed by atoms with Gasteiger partial charge in [0.15, 0.2) is 0 Å². The number of hydrogen-bond donors (Lipinski definition) is 1. The standard InChI is InChI=1S/C6H15O2P/c1-6(2)9(4-7)5-8-3/h6-7H,4-5H2,1-3H3. The van der Waals surface area contributed by atoms with Gasteiger partial charge >= 0.3 is 0 Å². The molecule has 1 N–H and O–H groups in total. The summed E-state index contributed by atoms with van der Waals surface area (Å²) in [5.74, 6) is 0. The Morgan fingerprint density at radius 1 is 1.56 bits per heavy atom. The van der Waals surface area contributed by atoms with E-state index < -0.39 is 0 Å². The molecule has 0 aliphatic heterocycles. The smallest absolute Gasteiger partial charge is 0.0680 e. The summed E-state index contributed by atoms with van der Waals surface area (Å²) in [6, 6.07) is 0. The molecule has 0 spiro atoms. The van der Waals surface area contributed by atoms with Crippen molar-refractivity contribution in [3.05, 3.63) is 0 Å². The van der Waals surface area contributed by atoms with Crippen LogP contribution in [0.5, 0.6) is 0 Å². The zero-order chi connectivity index (χ0) is 7.28. The lowest BCUT2D eigenvalue weighted by molar-refractivity contribution is 0.250. The first kappa shape index (κ1) is 9.35. The maximum atomic E-state index is 8.78. The Morgan fingerprint density at radius 2 is 2.11 bits per heavy atom. The maximum absolute atomic E-state index is 8.78. The molecule has 9 heavy (non-hydrogen) atoms. The Balaban J connectivity index is 3.41. The minimum Gasteiger partial charge on any atom is -0.392 e. The van der Waals surface area contributed by atoms with Gasteiger partial charge in [0.2, 0.25) is 0 Å². The number of aliphatic hydroxyl groups is 1. The van der Waals surface area contributed by atoms with E-state index in [2.05, 4.69) is 13.8 Å². The Morgan fingerprint density at radius 3 is 2.22 bits per heavy atom. The van der Waals surface area contributed by atoms with E-state index in [-0.39, 0.29) is 7.92 Å². The van der Waals surface area contributed by atoms with Crippen molar-refractivity contribution in [1.82, 2.24) is 0 Å². The highest BCUT2D eigenvalue weighted by molar-refractivity contribution is 7.57. The normalized spacial score (nSPS) is 14.3. The van der Waals surface area contributed by atoms with E-state index in [4.69, 9.17) is 9.84 Å². The summed E-state index contributed by atoms with van der Waals surface area (Å²) in [4.78, 5) is 0.